The Kier molecular flexibility index (Phi) is 4.52. The second-order valence-electron chi connectivity index (χ2n) is 5.73. The van der Waals surface area contributed by atoms with E-state index in [0.29, 0.717) is 5.92 Å². The molecule has 2 unspecified atom stereocenters. The van der Waals surface area contributed by atoms with Crippen molar-refractivity contribution in [2.75, 3.05) is 7.11 Å². The van der Waals surface area contributed by atoms with Gasteiger partial charge in [0.25, 0.3) is 0 Å². The molecule has 0 saturated heterocycles. The molecule has 1 aromatic carbocycles. The zero-order valence-corrected chi connectivity index (χ0v) is 13.2. The maximum atomic E-state index is 9.64. The van der Waals surface area contributed by atoms with Crippen LogP contribution in [0.4, 0.5) is 0 Å². The van der Waals surface area contributed by atoms with Crippen molar-refractivity contribution in [3.8, 4) is 11.8 Å². The summed E-state index contributed by atoms with van der Waals surface area (Å²) in [6.07, 6.45) is 5.25. The van der Waals surface area contributed by atoms with Crippen molar-refractivity contribution in [2.24, 2.45) is 11.3 Å². The normalized spacial score (nSPS) is 26.7. The zero-order valence-electron chi connectivity index (χ0n) is 11.6. The van der Waals surface area contributed by atoms with Crippen molar-refractivity contribution < 1.29 is 4.74 Å². The van der Waals surface area contributed by atoms with Crippen LogP contribution in [0.1, 0.15) is 38.2 Å². The smallest absolute Gasteiger partial charge is 0.119 e. The first-order valence-corrected chi connectivity index (χ1v) is 7.61. The largest absolute Gasteiger partial charge is 0.497 e. The Labute approximate surface area is 123 Å². The van der Waals surface area contributed by atoms with Crippen molar-refractivity contribution in [1.82, 2.24) is 0 Å². The second kappa shape index (κ2) is 5.96. The Morgan fingerprint density at radius 3 is 2.95 bits per heavy atom. The summed E-state index contributed by atoms with van der Waals surface area (Å²) in [7, 11) is 1.68. The van der Waals surface area contributed by atoms with Gasteiger partial charge in [0.1, 0.15) is 5.75 Å². The highest BCUT2D eigenvalue weighted by atomic mass is 79.9. The van der Waals surface area contributed by atoms with Crippen LogP contribution in [0.25, 0.3) is 0 Å². The summed E-state index contributed by atoms with van der Waals surface area (Å²) in [5, 5.41) is 9.64. The Morgan fingerprint density at radius 1 is 1.53 bits per heavy atom. The van der Waals surface area contributed by atoms with Crippen LogP contribution in [0.3, 0.4) is 0 Å². The third-order valence-corrected chi connectivity index (χ3v) is 4.88. The Morgan fingerprint density at radius 2 is 2.32 bits per heavy atom. The number of nitriles is 1. The molecular formula is C16H20BrNO. The monoisotopic (exact) mass is 321 g/mol. The van der Waals surface area contributed by atoms with E-state index in [-0.39, 0.29) is 5.41 Å². The lowest BCUT2D eigenvalue weighted by molar-refractivity contribution is 0.209. The molecule has 1 aliphatic carbocycles. The van der Waals surface area contributed by atoms with Crippen molar-refractivity contribution in [1.29, 1.82) is 5.26 Å². The predicted octanol–water partition coefficient (Wildman–Crippen LogP) is 4.72. The highest BCUT2D eigenvalue weighted by Gasteiger charge is 2.35. The molecule has 0 aromatic heterocycles. The predicted molar refractivity (Wildman–Crippen MR) is 80.1 cm³/mol. The van der Waals surface area contributed by atoms with Crippen LogP contribution in [-0.4, -0.2) is 7.11 Å². The van der Waals surface area contributed by atoms with E-state index in [1.165, 1.54) is 12.0 Å². The minimum atomic E-state index is -0.202. The summed E-state index contributed by atoms with van der Waals surface area (Å²) in [6.45, 7) is 2.26. The molecule has 2 nitrogen and oxygen atoms in total. The first-order chi connectivity index (χ1) is 9.08. The van der Waals surface area contributed by atoms with Crippen molar-refractivity contribution >= 4 is 15.9 Å². The molecule has 2 atom stereocenters. The zero-order chi connectivity index (χ0) is 13.9. The van der Waals surface area contributed by atoms with Gasteiger partial charge in [-0.2, -0.15) is 5.26 Å². The minimum absolute atomic E-state index is 0.202. The lowest BCUT2D eigenvalue weighted by atomic mass is 9.68. The van der Waals surface area contributed by atoms with Crippen molar-refractivity contribution in [3.05, 3.63) is 28.2 Å². The summed E-state index contributed by atoms with van der Waals surface area (Å²) in [4.78, 5) is 0. The van der Waals surface area contributed by atoms with Gasteiger partial charge in [-0.05, 0) is 48.9 Å². The molecule has 0 spiro atoms. The number of ether oxygens (including phenoxy) is 1. The Balaban J connectivity index is 2.25. The molecule has 2 rings (SSSR count). The van der Waals surface area contributed by atoms with Gasteiger partial charge in [-0.1, -0.05) is 35.7 Å². The van der Waals surface area contributed by atoms with Crippen molar-refractivity contribution in [2.45, 2.75) is 39.0 Å². The quantitative estimate of drug-likeness (QED) is 0.806. The number of halogens is 1. The fourth-order valence-electron chi connectivity index (χ4n) is 3.14. The molecule has 3 heteroatoms. The maximum Gasteiger partial charge on any atom is 0.119 e. The summed E-state index contributed by atoms with van der Waals surface area (Å²) in [5.41, 5.74) is 0.974. The third-order valence-electron chi connectivity index (χ3n) is 4.11. The molecule has 0 N–H and O–H groups in total. The summed E-state index contributed by atoms with van der Waals surface area (Å²) in [6, 6.07) is 8.59. The highest BCUT2D eigenvalue weighted by molar-refractivity contribution is 9.10. The van der Waals surface area contributed by atoms with Gasteiger partial charge in [0.2, 0.25) is 0 Å². The van der Waals surface area contributed by atoms with Crippen LogP contribution in [0.15, 0.2) is 22.7 Å². The fourth-order valence-corrected chi connectivity index (χ4v) is 3.53. The molecule has 0 aliphatic heterocycles. The van der Waals surface area contributed by atoms with Gasteiger partial charge in [0, 0.05) is 4.47 Å². The average Bonchev–Trinajstić information content (AvgIpc) is 2.41. The third kappa shape index (κ3) is 3.30. The van der Waals surface area contributed by atoms with Crippen LogP contribution in [0.2, 0.25) is 0 Å². The van der Waals surface area contributed by atoms with E-state index >= 15 is 0 Å². The molecule has 0 amide bonds. The number of methoxy groups -OCH3 is 1. The summed E-state index contributed by atoms with van der Waals surface area (Å²) in [5.74, 6) is 1.51. The molecular weight excluding hydrogens is 302 g/mol. The summed E-state index contributed by atoms with van der Waals surface area (Å²) < 4.78 is 6.35. The molecule has 1 aromatic rings. The van der Waals surface area contributed by atoms with E-state index in [4.69, 9.17) is 4.74 Å². The van der Waals surface area contributed by atoms with E-state index in [0.717, 1.165) is 35.9 Å². The molecule has 1 saturated carbocycles. The van der Waals surface area contributed by atoms with Gasteiger partial charge in [-0.15, -0.1) is 0 Å². The van der Waals surface area contributed by atoms with Gasteiger partial charge in [0.05, 0.1) is 18.6 Å². The SMILES string of the molecule is COc1ccc(Br)c(CC2(C#N)CCCC(C)C2)c1. The molecule has 0 heterocycles. The van der Waals surface area contributed by atoms with E-state index in [2.05, 4.69) is 28.9 Å². The van der Waals surface area contributed by atoms with Gasteiger partial charge in [0.15, 0.2) is 0 Å². The van der Waals surface area contributed by atoms with E-state index in [9.17, 15) is 5.26 Å². The van der Waals surface area contributed by atoms with Crippen molar-refractivity contribution in [3.63, 3.8) is 0 Å². The van der Waals surface area contributed by atoms with E-state index < -0.39 is 0 Å². The maximum absolute atomic E-state index is 9.64. The van der Waals surface area contributed by atoms with Crippen LogP contribution in [0.5, 0.6) is 5.75 Å². The van der Waals surface area contributed by atoms with Gasteiger partial charge < -0.3 is 4.74 Å². The van der Waals surface area contributed by atoms with Crippen LogP contribution >= 0.6 is 15.9 Å². The molecule has 0 bridgehead atoms. The summed E-state index contributed by atoms with van der Waals surface area (Å²) >= 11 is 3.59. The molecule has 0 radical (unpaired) electrons. The number of hydrogen-bond donors (Lipinski definition) is 0. The number of benzene rings is 1. The fraction of sp³-hybridized carbons (Fsp3) is 0.562. The lowest BCUT2D eigenvalue weighted by Gasteiger charge is -2.34. The van der Waals surface area contributed by atoms with Gasteiger partial charge in [-0.3, -0.25) is 0 Å². The molecule has 102 valence electrons. The number of nitrogens with zero attached hydrogens (tertiary/aromatic N) is 1. The van der Waals surface area contributed by atoms with Crippen LogP contribution in [-0.2, 0) is 6.42 Å². The van der Waals surface area contributed by atoms with Gasteiger partial charge >= 0.3 is 0 Å². The van der Waals surface area contributed by atoms with Crippen LogP contribution in [0, 0.1) is 22.7 Å². The number of rotatable bonds is 3. The minimum Gasteiger partial charge on any atom is -0.497 e. The molecule has 1 aliphatic rings. The number of hydrogen-bond acceptors (Lipinski definition) is 2. The lowest BCUT2D eigenvalue weighted by Crippen LogP contribution is -2.28. The van der Waals surface area contributed by atoms with Gasteiger partial charge in [-0.25, -0.2) is 0 Å². The molecule has 19 heavy (non-hydrogen) atoms. The Bertz CT molecular complexity index is 494. The highest BCUT2D eigenvalue weighted by Crippen LogP contribution is 2.42. The average molecular weight is 322 g/mol. The second-order valence-corrected chi connectivity index (χ2v) is 6.58. The van der Waals surface area contributed by atoms with E-state index in [1.54, 1.807) is 7.11 Å². The topological polar surface area (TPSA) is 33.0 Å². The first kappa shape index (κ1) is 14.4. The van der Waals surface area contributed by atoms with Crippen LogP contribution < -0.4 is 4.74 Å². The first-order valence-electron chi connectivity index (χ1n) is 6.82. The Hall–Kier alpha value is -1.01. The standard InChI is InChI=1S/C16H20BrNO/c1-12-4-3-7-16(9-12,11-18)10-13-8-14(19-2)5-6-15(13)17/h5-6,8,12H,3-4,7,9-10H2,1-2H3. The van der Waals surface area contributed by atoms with E-state index in [1.807, 2.05) is 18.2 Å². The molecule has 1 fully saturated rings.